The fraction of sp³-hybridized carbons (Fsp3) is 0.182. The van der Waals surface area contributed by atoms with Crippen molar-refractivity contribution in [1.82, 2.24) is 14.2 Å². The van der Waals surface area contributed by atoms with E-state index in [9.17, 15) is 13.2 Å². The highest BCUT2D eigenvalue weighted by Gasteiger charge is 2.62. The average Bonchev–Trinajstić information content (AvgIpc) is 3.25. The van der Waals surface area contributed by atoms with E-state index in [1.807, 2.05) is 6.92 Å². The number of halogens is 1. The van der Waals surface area contributed by atoms with Crippen LogP contribution in [0.3, 0.4) is 0 Å². The second-order valence-corrected chi connectivity index (χ2v) is 9.75. The summed E-state index contributed by atoms with van der Waals surface area (Å²) in [4.78, 5) is 19.2. The Balaban J connectivity index is 1.79. The van der Waals surface area contributed by atoms with Crippen molar-refractivity contribution in [3.63, 3.8) is 0 Å². The Bertz CT molecular complexity index is 1260. The van der Waals surface area contributed by atoms with Gasteiger partial charge in [-0.3, -0.25) is 9.78 Å². The van der Waals surface area contributed by atoms with Gasteiger partial charge in [-0.2, -0.15) is 4.31 Å². The molecule has 0 N–H and O–H groups in total. The molecule has 6 nitrogen and oxygen atoms in total. The molecule has 8 heteroatoms. The predicted octanol–water partition coefficient (Wildman–Crippen LogP) is 3.40. The number of sulfonamides is 1. The van der Waals surface area contributed by atoms with E-state index in [0.717, 1.165) is 5.56 Å². The fourth-order valence-electron chi connectivity index (χ4n) is 4.45. The van der Waals surface area contributed by atoms with E-state index >= 15 is 0 Å². The van der Waals surface area contributed by atoms with E-state index in [0.29, 0.717) is 21.7 Å². The first-order chi connectivity index (χ1) is 14.4. The summed E-state index contributed by atoms with van der Waals surface area (Å²) in [6.45, 7) is 2.36. The number of aromatic nitrogens is 1. The van der Waals surface area contributed by atoms with Gasteiger partial charge >= 0.3 is 0 Å². The minimum Gasteiger partial charge on any atom is -0.310 e. The molecule has 1 amide bonds. The van der Waals surface area contributed by atoms with Gasteiger partial charge < -0.3 is 4.90 Å². The van der Waals surface area contributed by atoms with Gasteiger partial charge in [-0.05, 0) is 42.8 Å². The third-order valence-corrected chi connectivity index (χ3v) is 7.95. The molecule has 0 aliphatic carbocycles. The molecule has 2 aromatic carbocycles. The highest BCUT2D eigenvalue weighted by Crippen LogP contribution is 2.51. The molecule has 0 radical (unpaired) electrons. The molecule has 1 atom stereocenters. The van der Waals surface area contributed by atoms with Gasteiger partial charge in [-0.15, -0.1) is 0 Å². The highest BCUT2D eigenvalue weighted by atomic mass is 35.5. The van der Waals surface area contributed by atoms with E-state index in [1.165, 1.54) is 4.31 Å². The highest BCUT2D eigenvalue weighted by molar-refractivity contribution is 7.89. The largest absolute Gasteiger partial charge is 0.310 e. The van der Waals surface area contributed by atoms with Crippen molar-refractivity contribution >= 4 is 27.5 Å². The minimum atomic E-state index is -3.91. The number of aryl methyl sites for hydroxylation is 1. The van der Waals surface area contributed by atoms with Crippen LogP contribution in [-0.4, -0.2) is 41.6 Å². The topological polar surface area (TPSA) is 70.6 Å². The van der Waals surface area contributed by atoms with Gasteiger partial charge in [-0.25, -0.2) is 8.42 Å². The number of fused-ring (bicyclic) bond motifs is 3. The van der Waals surface area contributed by atoms with Crippen LogP contribution in [0.1, 0.15) is 27.0 Å². The summed E-state index contributed by atoms with van der Waals surface area (Å²) in [5.74, 6) is -0.205. The van der Waals surface area contributed by atoms with E-state index in [2.05, 4.69) is 4.98 Å². The third kappa shape index (κ3) is 2.49. The lowest BCUT2D eigenvalue weighted by Crippen LogP contribution is -2.51. The van der Waals surface area contributed by atoms with Crippen molar-refractivity contribution in [3.8, 4) is 0 Å². The summed E-state index contributed by atoms with van der Waals surface area (Å²) in [6, 6.07) is 15.3. The third-order valence-electron chi connectivity index (χ3n) is 5.81. The molecule has 1 saturated heterocycles. The van der Waals surface area contributed by atoms with Crippen LogP contribution >= 0.6 is 11.6 Å². The smallest absolute Gasteiger partial charge is 0.256 e. The molecule has 5 rings (SSSR count). The Hall–Kier alpha value is -2.74. The quantitative estimate of drug-likeness (QED) is 0.627. The van der Waals surface area contributed by atoms with Crippen molar-refractivity contribution in [1.29, 1.82) is 0 Å². The maximum absolute atomic E-state index is 13.8. The number of hydrogen-bond donors (Lipinski definition) is 0. The molecule has 3 heterocycles. The SMILES string of the molecule is Cc1ccc(S(=O)(=O)N2CCN3C(=O)c4ccncc4C32c2ccc(Cl)cc2)cc1. The summed E-state index contributed by atoms with van der Waals surface area (Å²) in [7, 11) is -3.91. The maximum Gasteiger partial charge on any atom is 0.256 e. The first kappa shape index (κ1) is 19.2. The van der Waals surface area contributed by atoms with E-state index in [4.69, 9.17) is 11.6 Å². The van der Waals surface area contributed by atoms with Crippen LogP contribution in [0.4, 0.5) is 0 Å². The number of rotatable bonds is 3. The first-order valence-electron chi connectivity index (χ1n) is 9.49. The predicted molar refractivity (Wildman–Crippen MR) is 113 cm³/mol. The van der Waals surface area contributed by atoms with Gasteiger partial charge in [0.05, 0.1) is 10.5 Å². The lowest BCUT2D eigenvalue weighted by molar-refractivity contribution is 0.0618. The van der Waals surface area contributed by atoms with Crippen LogP contribution in [0.25, 0.3) is 0 Å². The van der Waals surface area contributed by atoms with Crippen LogP contribution in [0.5, 0.6) is 0 Å². The Morgan fingerprint density at radius 1 is 1.00 bits per heavy atom. The fourth-order valence-corrected chi connectivity index (χ4v) is 6.28. The summed E-state index contributed by atoms with van der Waals surface area (Å²) < 4.78 is 29.0. The Kier molecular flexibility index (Phi) is 4.25. The second kappa shape index (κ2) is 6.63. The van der Waals surface area contributed by atoms with Crippen molar-refractivity contribution < 1.29 is 13.2 Å². The Morgan fingerprint density at radius 3 is 2.40 bits per heavy atom. The molecule has 3 aromatic rings. The first-order valence-corrected chi connectivity index (χ1v) is 11.3. The van der Waals surface area contributed by atoms with Crippen LogP contribution in [0.15, 0.2) is 71.9 Å². The number of benzene rings is 2. The average molecular weight is 440 g/mol. The van der Waals surface area contributed by atoms with Gasteiger partial charge in [-0.1, -0.05) is 41.4 Å². The molecular weight excluding hydrogens is 422 g/mol. The zero-order valence-electron chi connectivity index (χ0n) is 16.1. The number of pyridine rings is 1. The van der Waals surface area contributed by atoms with Gasteiger partial charge in [0.1, 0.15) is 0 Å². The standard InChI is InChI=1S/C22H18ClN3O3S/c1-15-2-8-18(9-3-15)30(28,29)26-13-12-25-21(27)19-10-11-24-14-20(19)22(25,26)16-4-6-17(23)7-5-16/h2-11,14H,12-13H2,1H3. The molecule has 2 aliphatic heterocycles. The lowest BCUT2D eigenvalue weighted by atomic mass is 9.93. The molecule has 152 valence electrons. The Labute approximate surface area is 179 Å². The van der Waals surface area contributed by atoms with Crippen molar-refractivity contribution in [2.24, 2.45) is 0 Å². The molecule has 1 unspecified atom stereocenters. The van der Waals surface area contributed by atoms with E-state index in [1.54, 1.807) is 71.9 Å². The van der Waals surface area contributed by atoms with Crippen molar-refractivity contribution in [3.05, 3.63) is 94.3 Å². The lowest BCUT2D eigenvalue weighted by Gasteiger charge is -2.39. The Morgan fingerprint density at radius 2 is 1.70 bits per heavy atom. The number of hydrogen-bond acceptors (Lipinski definition) is 4. The summed E-state index contributed by atoms with van der Waals surface area (Å²) >= 11 is 6.10. The second-order valence-electron chi connectivity index (χ2n) is 7.45. The van der Waals surface area contributed by atoms with Gasteiger partial charge in [0.2, 0.25) is 10.0 Å². The molecule has 0 saturated carbocycles. The van der Waals surface area contributed by atoms with Gasteiger partial charge in [0, 0.05) is 36.1 Å². The number of amides is 1. The summed E-state index contributed by atoms with van der Waals surface area (Å²) in [5, 5.41) is 0.531. The van der Waals surface area contributed by atoms with Crippen LogP contribution in [-0.2, 0) is 15.7 Å². The monoisotopic (exact) mass is 439 g/mol. The zero-order chi connectivity index (χ0) is 21.1. The number of carbonyl (C=O) groups is 1. The van der Waals surface area contributed by atoms with Crippen LogP contribution in [0, 0.1) is 6.92 Å². The molecule has 30 heavy (non-hydrogen) atoms. The summed E-state index contributed by atoms with van der Waals surface area (Å²) in [5.41, 5.74) is 1.35. The normalized spacial score (nSPS) is 21.0. The summed E-state index contributed by atoms with van der Waals surface area (Å²) in [6.07, 6.45) is 3.14. The van der Waals surface area contributed by atoms with Gasteiger partial charge in [0.15, 0.2) is 5.66 Å². The molecule has 0 spiro atoms. The number of carbonyl (C=O) groups excluding carboxylic acids is 1. The molecule has 1 aromatic heterocycles. The van der Waals surface area contributed by atoms with Crippen molar-refractivity contribution in [2.45, 2.75) is 17.5 Å². The van der Waals surface area contributed by atoms with E-state index in [-0.39, 0.29) is 23.9 Å². The number of nitrogens with zero attached hydrogens (tertiary/aromatic N) is 3. The van der Waals surface area contributed by atoms with Crippen molar-refractivity contribution in [2.75, 3.05) is 13.1 Å². The van der Waals surface area contributed by atoms with Crippen LogP contribution in [0.2, 0.25) is 5.02 Å². The van der Waals surface area contributed by atoms with Gasteiger partial charge in [0.25, 0.3) is 5.91 Å². The molecule has 2 aliphatic rings. The maximum atomic E-state index is 13.8. The zero-order valence-corrected chi connectivity index (χ0v) is 17.7. The molecule has 1 fully saturated rings. The minimum absolute atomic E-state index is 0.179. The molecular formula is C22H18ClN3O3S. The van der Waals surface area contributed by atoms with Crippen LogP contribution < -0.4 is 0 Å². The molecule has 0 bridgehead atoms. The van der Waals surface area contributed by atoms with E-state index < -0.39 is 15.7 Å².